The van der Waals surface area contributed by atoms with Gasteiger partial charge in [-0.3, -0.25) is 4.98 Å². The second kappa shape index (κ2) is 8.40. The first-order valence-corrected chi connectivity index (χ1v) is 10.4. The summed E-state index contributed by atoms with van der Waals surface area (Å²) in [5.74, 6) is 0. The number of aromatic amines is 1. The number of pyridine rings is 1. The first-order chi connectivity index (χ1) is 14.2. The van der Waals surface area contributed by atoms with Gasteiger partial charge in [0, 0.05) is 59.5 Å². The van der Waals surface area contributed by atoms with Gasteiger partial charge >= 0.3 is 0 Å². The van der Waals surface area contributed by atoms with Gasteiger partial charge in [-0.1, -0.05) is 19.4 Å². The molecule has 3 aromatic rings. The number of unbranched alkanes of at least 4 members (excludes halogenated alkanes) is 1. The van der Waals surface area contributed by atoms with Crippen molar-refractivity contribution in [3.05, 3.63) is 59.6 Å². The molecule has 2 N–H and O–H groups in total. The van der Waals surface area contributed by atoms with Crippen molar-refractivity contribution in [3.63, 3.8) is 0 Å². The summed E-state index contributed by atoms with van der Waals surface area (Å²) in [4.78, 5) is 10.1. The Morgan fingerprint density at radius 3 is 2.86 bits per heavy atom. The highest BCUT2D eigenvalue weighted by Gasteiger charge is 2.21. The fraction of sp³-hybridized carbons (Fsp3) is 0.333. The molecule has 5 nitrogen and oxygen atoms in total. The molecule has 5 heteroatoms. The summed E-state index contributed by atoms with van der Waals surface area (Å²) in [6.45, 7) is 6.41. The van der Waals surface area contributed by atoms with E-state index in [9.17, 15) is 5.26 Å². The third-order valence-corrected chi connectivity index (χ3v) is 5.68. The van der Waals surface area contributed by atoms with E-state index in [0.29, 0.717) is 5.56 Å². The van der Waals surface area contributed by atoms with E-state index in [4.69, 9.17) is 0 Å². The molecule has 1 fully saturated rings. The van der Waals surface area contributed by atoms with Gasteiger partial charge in [-0.25, -0.2) is 0 Å². The van der Waals surface area contributed by atoms with Crippen LogP contribution in [0.2, 0.25) is 0 Å². The lowest BCUT2D eigenvalue weighted by atomic mass is 10.0. The zero-order valence-electron chi connectivity index (χ0n) is 17.1. The summed E-state index contributed by atoms with van der Waals surface area (Å²) in [7, 11) is 0. The van der Waals surface area contributed by atoms with Crippen molar-refractivity contribution in [1.29, 1.82) is 5.26 Å². The van der Waals surface area contributed by atoms with Gasteiger partial charge in [-0.2, -0.15) is 5.26 Å². The van der Waals surface area contributed by atoms with Gasteiger partial charge in [0.15, 0.2) is 0 Å². The van der Waals surface area contributed by atoms with Crippen LogP contribution in [-0.2, 0) is 0 Å². The molecule has 1 aromatic carbocycles. The monoisotopic (exact) mass is 385 g/mol. The molecule has 0 spiro atoms. The minimum Gasteiger partial charge on any atom is -0.371 e. The maximum atomic E-state index is 9.78. The normalized spacial score (nSPS) is 14.4. The number of nitrogens with one attached hydrogen (secondary N) is 2. The third-order valence-electron chi connectivity index (χ3n) is 5.68. The van der Waals surface area contributed by atoms with Crippen molar-refractivity contribution >= 4 is 28.0 Å². The van der Waals surface area contributed by atoms with E-state index in [1.165, 1.54) is 23.9 Å². The number of H-pyrrole nitrogens is 1. The van der Waals surface area contributed by atoms with Crippen LogP contribution in [-0.4, -0.2) is 28.0 Å². The Kier molecular flexibility index (Phi) is 5.53. The lowest BCUT2D eigenvalue weighted by Gasteiger charge is -2.25. The maximum absolute atomic E-state index is 9.78. The molecule has 1 saturated heterocycles. The van der Waals surface area contributed by atoms with Gasteiger partial charge in [0.1, 0.15) is 6.07 Å². The lowest BCUT2D eigenvalue weighted by molar-refractivity contribution is 0.491. The number of rotatable bonds is 6. The molecule has 0 unspecified atom stereocenters. The zero-order valence-corrected chi connectivity index (χ0v) is 17.1. The van der Waals surface area contributed by atoms with Crippen LogP contribution in [0, 0.1) is 18.3 Å². The molecular formula is C24H27N5. The first kappa shape index (κ1) is 19.1. The molecule has 0 saturated carbocycles. The highest BCUT2D eigenvalue weighted by atomic mass is 15.2. The number of benzene rings is 1. The van der Waals surface area contributed by atoms with Gasteiger partial charge in [0.2, 0.25) is 0 Å². The number of allylic oxidation sites excluding steroid dienone is 1. The summed E-state index contributed by atoms with van der Waals surface area (Å²) in [6.07, 6.45) is 12.3. The number of hydrogen-bond acceptors (Lipinski definition) is 4. The van der Waals surface area contributed by atoms with Crippen LogP contribution in [0.4, 0.5) is 11.4 Å². The number of aryl methyl sites for hydroxylation is 1. The predicted octanol–water partition coefficient (Wildman–Crippen LogP) is 5.72. The van der Waals surface area contributed by atoms with E-state index in [2.05, 4.69) is 64.4 Å². The minimum absolute atomic E-state index is 0.567. The Balaban J connectivity index is 1.81. The molecule has 148 valence electrons. The van der Waals surface area contributed by atoms with E-state index in [-0.39, 0.29) is 0 Å². The van der Waals surface area contributed by atoms with Gasteiger partial charge < -0.3 is 15.2 Å². The zero-order chi connectivity index (χ0) is 20.2. The number of nitriles is 1. The summed E-state index contributed by atoms with van der Waals surface area (Å²) >= 11 is 0. The predicted molar refractivity (Wildman–Crippen MR) is 119 cm³/mol. The summed E-state index contributed by atoms with van der Waals surface area (Å²) in [5, 5.41) is 14.5. The Labute approximate surface area is 172 Å². The molecule has 1 aliphatic rings. The van der Waals surface area contributed by atoms with Crippen LogP contribution < -0.4 is 5.32 Å². The number of aromatic nitrogens is 2. The number of fused-ring (bicyclic) bond motifs is 1. The van der Waals surface area contributed by atoms with E-state index >= 15 is 0 Å². The smallest absolute Gasteiger partial charge is 0.103 e. The quantitative estimate of drug-likeness (QED) is 0.569. The number of likely N-dealkylation sites (tertiary alicyclic amines) is 1. The molecule has 3 heterocycles. The fourth-order valence-corrected chi connectivity index (χ4v) is 4.08. The van der Waals surface area contributed by atoms with Crippen molar-refractivity contribution in [2.45, 2.75) is 39.5 Å². The van der Waals surface area contributed by atoms with Gasteiger partial charge in [0.25, 0.3) is 0 Å². The van der Waals surface area contributed by atoms with Gasteiger partial charge in [-0.15, -0.1) is 0 Å². The van der Waals surface area contributed by atoms with Crippen molar-refractivity contribution in [1.82, 2.24) is 14.9 Å². The van der Waals surface area contributed by atoms with Crippen LogP contribution in [0.25, 0.3) is 16.6 Å². The molecule has 29 heavy (non-hydrogen) atoms. The van der Waals surface area contributed by atoms with E-state index in [1.807, 2.05) is 12.4 Å². The molecule has 0 radical (unpaired) electrons. The van der Waals surface area contributed by atoms with Crippen LogP contribution in [0.15, 0.2) is 42.9 Å². The van der Waals surface area contributed by atoms with Crippen molar-refractivity contribution in [3.8, 4) is 6.07 Å². The molecule has 0 bridgehead atoms. The average Bonchev–Trinajstić information content (AvgIpc) is 3.43. The fourth-order valence-electron chi connectivity index (χ4n) is 4.08. The highest BCUT2D eigenvalue weighted by molar-refractivity contribution is 5.90. The van der Waals surface area contributed by atoms with E-state index in [1.54, 1.807) is 6.20 Å². The summed E-state index contributed by atoms with van der Waals surface area (Å²) in [6, 6.07) is 8.57. The van der Waals surface area contributed by atoms with Gasteiger partial charge in [0.05, 0.1) is 11.3 Å². The Morgan fingerprint density at radius 2 is 2.10 bits per heavy atom. The third kappa shape index (κ3) is 3.71. The number of nitrogens with zero attached hydrogens (tertiary/aromatic N) is 3. The van der Waals surface area contributed by atoms with E-state index < -0.39 is 0 Å². The highest BCUT2D eigenvalue weighted by Crippen LogP contribution is 2.35. The van der Waals surface area contributed by atoms with Gasteiger partial charge in [-0.05, 0) is 49.9 Å². The molecule has 4 rings (SSSR count). The first-order valence-electron chi connectivity index (χ1n) is 10.4. The van der Waals surface area contributed by atoms with Crippen LogP contribution in [0.1, 0.15) is 49.3 Å². The lowest BCUT2D eigenvalue weighted by Crippen LogP contribution is -2.19. The van der Waals surface area contributed by atoms with Crippen LogP contribution >= 0.6 is 0 Å². The molecule has 0 aliphatic carbocycles. The SMILES string of the molecule is CCCC=C(c1cncc(C#N)c1Nc1ccc2[nH]ccc2c1C)N1CCCC1. The summed E-state index contributed by atoms with van der Waals surface area (Å²) in [5.41, 5.74) is 6.90. The maximum Gasteiger partial charge on any atom is 0.103 e. The summed E-state index contributed by atoms with van der Waals surface area (Å²) < 4.78 is 0. The average molecular weight is 386 g/mol. The molecule has 0 amide bonds. The molecule has 0 atom stereocenters. The largest absolute Gasteiger partial charge is 0.371 e. The van der Waals surface area contributed by atoms with Crippen LogP contribution in [0.5, 0.6) is 0 Å². The number of hydrogen-bond donors (Lipinski definition) is 2. The standard InChI is InChI=1S/C24H27N5/c1-3-4-7-23(29-12-5-6-13-29)20-16-26-15-18(14-25)24(20)28-21-8-9-22-19(17(21)2)10-11-27-22/h7-11,15-16,27H,3-6,12-13H2,1-2H3,(H,26,28). The minimum atomic E-state index is 0.567. The molecule has 2 aromatic heterocycles. The van der Waals surface area contributed by atoms with Crippen molar-refractivity contribution < 1.29 is 0 Å². The number of anilines is 2. The Bertz CT molecular complexity index is 1080. The van der Waals surface area contributed by atoms with Crippen molar-refractivity contribution in [2.24, 2.45) is 0 Å². The second-order valence-corrected chi connectivity index (χ2v) is 7.60. The Morgan fingerprint density at radius 1 is 1.28 bits per heavy atom. The molecule has 1 aliphatic heterocycles. The molecular weight excluding hydrogens is 358 g/mol. The van der Waals surface area contributed by atoms with E-state index in [0.717, 1.165) is 53.9 Å². The van der Waals surface area contributed by atoms with Crippen molar-refractivity contribution in [2.75, 3.05) is 18.4 Å². The van der Waals surface area contributed by atoms with Crippen LogP contribution in [0.3, 0.4) is 0 Å². The topological polar surface area (TPSA) is 67.7 Å². The Hall–Kier alpha value is -3.26. The second-order valence-electron chi connectivity index (χ2n) is 7.60.